The second kappa shape index (κ2) is 3.96. The molecule has 1 amide bonds. The van der Waals surface area contributed by atoms with E-state index in [1.165, 1.54) is 12.0 Å². The van der Waals surface area contributed by atoms with E-state index in [1.807, 2.05) is 0 Å². The topological polar surface area (TPSA) is 55.8 Å². The largest absolute Gasteiger partial charge is 0.467 e. The van der Waals surface area contributed by atoms with Crippen LogP contribution in [0.5, 0.6) is 0 Å². The van der Waals surface area contributed by atoms with Crippen molar-refractivity contribution in [3.63, 3.8) is 0 Å². The first-order valence-electron chi connectivity index (χ1n) is 5.30. The molecule has 5 nitrogen and oxygen atoms in total. The fourth-order valence-electron chi connectivity index (χ4n) is 1.60. The van der Waals surface area contributed by atoms with Gasteiger partial charge in [-0.25, -0.2) is 9.59 Å². The number of hydrogen-bond donors (Lipinski definition) is 0. The zero-order chi connectivity index (χ0) is 12.6. The summed E-state index contributed by atoms with van der Waals surface area (Å²) in [6, 6.07) is 0. The van der Waals surface area contributed by atoms with Crippen molar-refractivity contribution in [2.24, 2.45) is 0 Å². The molecule has 1 aliphatic rings. The van der Waals surface area contributed by atoms with E-state index in [-0.39, 0.29) is 0 Å². The summed E-state index contributed by atoms with van der Waals surface area (Å²) in [7, 11) is 1.32. The Morgan fingerprint density at radius 2 is 1.88 bits per heavy atom. The van der Waals surface area contributed by atoms with Crippen LogP contribution in [0.1, 0.15) is 34.1 Å². The lowest BCUT2D eigenvalue weighted by Gasteiger charge is -2.47. The molecule has 0 radical (unpaired) electrons. The minimum atomic E-state index is -0.864. The molecular weight excluding hydrogens is 210 g/mol. The van der Waals surface area contributed by atoms with Crippen LogP contribution in [0.4, 0.5) is 4.79 Å². The van der Waals surface area contributed by atoms with Crippen LogP contribution in [-0.2, 0) is 14.3 Å². The normalized spacial score (nSPS) is 24.7. The molecule has 0 aromatic rings. The van der Waals surface area contributed by atoms with Crippen molar-refractivity contribution in [2.75, 3.05) is 13.7 Å². The maximum absolute atomic E-state index is 11.8. The van der Waals surface area contributed by atoms with Crippen molar-refractivity contribution in [1.29, 1.82) is 0 Å². The van der Waals surface area contributed by atoms with Crippen molar-refractivity contribution in [2.45, 2.75) is 45.3 Å². The average Bonchev–Trinajstić information content (AvgIpc) is 2.10. The summed E-state index contributed by atoms with van der Waals surface area (Å²) in [6.07, 6.45) is 0.144. The van der Waals surface area contributed by atoms with Gasteiger partial charge in [0.1, 0.15) is 11.1 Å². The molecule has 0 bridgehead atoms. The summed E-state index contributed by atoms with van der Waals surface area (Å²) in [6.45, 7) is 7.59. The summed E-state index contributed by atoms with van der Waals surface area (Å²) in [5, 5.41) is 0. The fourth-order valence-corrected chi connectivity index (χ4v) is 1.60. The van der Waals surface area contributed by atoms with E-state index < -0.39 is 23.2 Å². The molecular formula is C11H19NO4. The highest BCUT2D eigenvalue weighted by Gasteiger charge is 2.51. The monoisotopic (exact) mass is 229 g/mol. The van der Waals surface area contributed by atoms with Gasteiger partial charge in [0.25, 0.3) is 0 Å². The van der Waals surface area contributed by atoms with Gasteiger partial charge in [-0.2, -0.15) is 0 Å². The predicted octanol–water partition coefficient (Wildman–Crippen LogP) is 1.56. The molecule has 92 valence electrons. The van der Waals surface area contributed by atoms with Crippen molar-refractivity contribution >= 4 is 12.1 Å². The maximum Gasteiger partial charge on any atom is 0.411 e. The number of ether oxygens (including phenoxy) is 2. The van der Waals surface area contributed by atoms with Crippen LogP contribution in [0.15, 0.2) is 0 Å². The summed E-state index contributed by atoms with van der Waals surface area (Å²) >= 11 is 0. The van der Waals surface area contributed by atoms with Gasteiger partial charge in [-0.1, -0.05) is 0 Å². The number of nitrogens with zero attached hydrogens (tertiary/aromatic N) is 1. The predicted molar refractivity (Wildman–Crippen MR) is 58.0 cm³/mol. The molecule has 0 aliphatic carbocycles. The number of esters is 1. The molecule has 0 N–H and O–H groups in total. The van der Waals surface area contributed by atoms with Crippen LogP contribution in [0.3, 0.4) is 0 Å². The molecule has 0 saturated carbocycles. The maximum atomic E-state index is 11.8. The van der Waals surface area contributed by atoms with Crippen molar-refractivity contribution in [3.8, 4) is 0 Å². The highest BCUT2D eigenvalue weighted by molar-refractivity contribution is 5.87. The number of rotatable bonds is 1. The van der Waals surface area contributed by atoms with Crippen LogP contribution in [-0.4, -0.2) is 41.8 Å². The Balaban J connectivity index is 2.69. The van der Waals surface area contributed by atoms with E-state index in [1.54, 1.807) is 27.7 Å². The van der Waals surface area contributed by atoms with Crippen LogP contribution in [0, 0.1) is 0 Å². The summed E-state index contributed by atoms with van der Waals surface area (Å²) in [5.41, 5.74) is -1.42. The van der Waals surface area contributed by atoms with E-state index >= 15 is 0 Å². The average molecular weight is 229 g/mol. The van der Waals surface area contributed by atoms with Crippen molar-refractivity contribution < 1.29 is 19.1 Å². The Morgan fingerprint density at radius 1 is 1.31 bits per heavy atom. The third-order valence-electron chi connectivity index (χ3n) is 2.66. The third-order valence-corrected chi connectivity index (χ3v) is 2.66. The number of carbonyl (C=O) groups excluding carboxylic acids is 2. The van der Waals surface area contributed by atoms with Gasteiger partial charge < -0.3 is 9.47 Å². The molecule has 5 heteroatoms. The summed E-state index contributed by atoms with van der Waals surface area (Å²) in [5.74, 6) is -0.399. The third kappa shape index (κ3) is 2.28. The van der Waals surface area contributed by atoms with Gasteiger partial charge in [-0.15, -0.1) is 0 Å². The zero-order valence-electron chi connectivity index (χ0n) is 10.5. The molecule has 16 heavy (non-hydrogen) atoms. The lowest BCUT2D eigenvalue weighted by molar-refractivity contribution is -0.161. The standard InChI is InChI=1S/C11H19NO4/c1-10(2,3)16-9(14)12-7-6-11(12,4)8(13)15-5/h6-7H2,1-5H3. The molecule has 1 saturated heterocycles. The first kappa shape index (κ1) is 12.8. The van der Waals surface area contributed by atoms with Gasteiger partial charge in [0, 0.05) is 6.54 Å². The van der Waals surface area contributed by atoms with E-state index in [4.69, 9.17) is 4.74 Å². The number of hydrogen-bond acceptors (Lipinski definition) is 4. The molecule has 1 atom stereocenters. The second-order valence-electron chi connectivity index (χ2n) is 5.15. The first-order valence-corrected chi connectivity index (χ1v) is 5.30. The van der Waals surface area contributed by atoms with Gasteiger partial charge in [0.2, 0.25) is 0 Å². The molecule has 0 spiro atoms. The van der Waals surface area contributed by atoms with E-state index in [9.17, 15) is 9.59 Å². The van der Waals surface area contributed by atoms with E-state index in [0.717, 1.165) is 0 Å². The molecule has 1 unspecified atom stereocenters. The molecule has 1 rings (SSSR count). The van der Waals surface area contributed by atoms with Crippen molar-refractivity contribution in [3.05, 3.63) is 0 Å². The van der Waals surface area contributed by atoms with Gasteiger partial charge >= 0.3 is 12.1 Å². The highest BCUT2D eigenvalue weighted by Crippen LogP contribution is 2.32. The highest BCUT2D eigenvalue weighted by atomic mass is 16.6. The van der Waals surface area contributed by atoms with Crippen LogP contribution in [0.25, 0.3) is 0 Å². The van der Waals surface area contributed by atoms with Crippen molar-refractivity contribution in [1.82, 2.24) is 4.90 Å². The van der Waals surface area contributed by atoms with E-state index in [0.29, 0.717) is 13.0 Å². The lowest BCUT2D eigenvalue weighted by atomic mass is 9.87. The Bertz CT molecular complexity index is 308. The van der Waals surface area contributed by atoms with Gasteiger partial charge in [0.05, 0.1) is 7.11 Å². The Labute approximate surface area is 95.7 Å². The molecule has 0 aromatic carbocycles. The number of carbonyl (C=O) groups is 2. The Morgan fingerprint density at radius 3 is 2.19 bits per heavy atom. The SMILES string of the molecule is COC(=O)C1(C)CCN1C(=O)OC(C)(C)C. The van der Waals surface area contributed by atoms with Crippen LogP contribution in [0.2, 0.25) is 0 Å². The van der Waals surface area contributed by atoms with Gasteiger partial charge in [-0.05, 0) is 34.1 Å². The molecule has 1 heterocycles. The minimum absolute atomic E-state index is 0.399. The summed E-state index contributed by atoms with van der Waals surface area (Å²) < 4.78 is 9.89. The van der Waals surface area contributed by atoms with E-state index in [2.05, 4.69) is 4.74 Å². The number of amides is 1. The Kier molecular flexibility index (Phi) is 3.17. The molecule has 1 aliphatic heterocycles. The Hall–Kier alpha value is -1.26. The van der Waals surface area contributed by atoms with Gasteiger partial charge in [-0.3, -0.25) is 4.90 Å². The quantitative estimate of drug-likeness (QED) is 0.640. The van der Waals surface area contributed by atoms with Crippen LogP contribution < -0.4 is 0 Å². The lowest BCUT2D eigenvalue weighted by Crippen LogP contribution is -2.65. The first-order chi connectivity index (χ1) is 7.20. The second-order valence-corrected chi connectivity index (χ2v) is 5.15. The minimum Gasteiger partial charge on any atom is -0.467 e. The summed E-state index contributed by atoms with van der Waals surface area (Å²) in [4.78, 5) is 24.7. The zero-order valence-corrected chi connectivity index (χ0v) is 10.5. The molecule has 0 aromatic heterocycles. The number of methoxy groups -OCH3 is 1. The fraction of sp³-hybridized carbons (Fsp3) is 0.818. The smallest absolute Gasteiger partial charge is 0.411 e. The van der Waals surface area contributed by atoms with Gasteiger partial charge in [0.15, 0.2) is 0 Å². The number of likely N-dealkylation sites (tertiary alicyclic amines) is 1. The van der Waals surface area contributed by atoms with Crippen LogP contribution >= 0.6 is 0 Å². The molecule has 1 fully saturated rings.